The van der Waals surface area contributed by atoms with Crippen LogP contribution in [-0.2, 0) is 6.42 Å². The molecule has 1 aromatic rings. The minimum atomic E-state index is 0.258. The monoisotopic (exact) mass is 206 g/mol. The summed E-state index contributed by atoms with van der Waals surface area (Å²) in [4.78, 5) is 6.79. The maximum Gasteiger partial charge on any atom is 0.128 e. The average molecular weight is 206 g/mol. The first-order valence-electron chi connectivity index (χ1n) is 5.71. The Morgan fingerprint density at radius 3 is 2.67 bits per heavy atom. The van der Waals surface area contributed by atoms with Gasteiger partial charge in [-0.25, -0.2) is 4.98 Å². The van der Waals surface area contributed by atoms with Crippen LogP contribution in [0.2, 0.25) is 0 Å². The zero-order valence-electron chi connectivity index (χ0n) is 9.02. The Kier molecular flexibility index (Phi) is 3.56. The highest BCUT2D eigenvalue weighted by Crippen LogP contribution is 2.17. The number of aliphatic hydroxyl groups excluding tert-OH is 1. The topological polar surface area (TPSA) is 36.4 Å². The van der Waals surface area contributed by atoms with Crippen molar-refractivity contribution in [3.63, 3.8) is 0 Å². The Hall–Kier alpha value is -1.09. The highest BCUT2D eigenvalue weighted by atomic mass is 16.2. The lowest BCUT2D eigenvalue weighted by atomic mass is 10.2. The molecule has 1 aromatic heterocycles. The molecule has 1 N–H and O–H groups in total. The van der Waals surface area contributed by atoms with Gasteiger partial charge in [-0.3, -0.25) is 0 Å². The standard InChI is InChI=1S/C12H18N2O/c15-9-3-4-11-5-6-12(13-10-11)14-7-1-2-8-14/h5-6,10,15H,1-4,7-9H2. The molecule has 2 heterocycles. The van der Waals surface area contributed by atoms with E-state index in [4.69, 9.17) is 5.11 Å². The summed E-state index contributed by atoms with van der Waals surface area (Å²) >= 11 is 0. The van der Waals surface area contributed by atoms with Gasteiger partial charge in [0.25, 0.3) is 0 Å². The second-order valence-corrected chi connectivity index (χ2v) is 4.05. The molecule has 1 aliphatic heterocycles. The zero-order valence-corrected chi connectivity index (χ0v) is 9.02. The molecule has 1 saturated heterocycles. The maximum absolute atomic E-state index is 8.73. The Labute approximate surface area is 90.8 Å². The van der Waals surface area contributed by atoms with Gasteiger partial charge in [0.05, 0.1) is 0 Å². The van der Waals surface area contributed by atoms with E-state index in [-0.39, 0.29) is 6.61 Å². The van der Waals surface area contributed by atoms with Crippen LogP contribution in [0.5, 0.6) is 0 Å². The van der Waals surface area contributed by atoms with Crippen molar-refractivity contribution in [2.75, 3.05) is 24.6 Å². The molecule has 0 amide bonds. The molecule has 15 heavy (non-hydrogen) atoms. The van der Waals surface area contributed by atoms with E-state index in [0.717, 1.165) is 31.7 Å². The molecule has 3 nitrogen and oxygen atoms in total. The smallest absolute Gasteiger partial charge is 0.128 e. The predicted octanol–water partition coefficient (Wildman–Crippen LogP) is 1.61. The van der Waals surface area contributed by atoms with Gasteiger partial charge in [-0.05, 0) is 37.3 Å². The van der Waals surface area contributed by atoms with Crippen LogP contribution >= 0.6 is 0 Å². The molecular formula is C12H18N2O. The van der Waals surface area contributed by atoms with Gasteiger partial charge < -0.3 is 10.0 Å². The third-order valence-electron chi connectivity index (χ3n) is 2.86. The van der Waals surface area contributed by atoms with Crippen LogP contribution in [0.1, 0.15) is 24.8 Å². The molecule has 0 aliphatic carbocycles. The summed E-state index contributed by atoms with van der Waals surface area (Å²) in [7, 11) is 0. The van der Waals surface area contributed by atoms with Gasteiger partial charge >= 0.3 is 0 Å². The maximum atomic E-state index is 8.73. The fourth-order valence-electron chi connectivity index (χ4n) is 1.98. The van der Waals surface area contributed by atoms with Crippen molar-refractivity contribution >= 4 is 5.82 Å². The Bertz CT molecular complexity index is 291. The third kappa shape index (κ3) is 2.69. The van der Waals surface area contributed by atoms with Gasteiger partial charge in [0.1, 0.15) is 5.82 Å². The lowest BCUT2D eigenvalue weighted by molar-refractivity contribution is 0.288. The third-order valence-corrected chi connectivity index (χ3v) is 2.86. The number of aliphatic hydroxyl groups is 1. The molecule has 2 rings (SSSR count). The first kappa shape index (κ1) is 10.4. The van der Waals surface area contributed by atoms with E-state index in [9.17, 15) is 0 Å². The van der Waals surface area contributed by atoms with Crippen LogP contribution in [0.25, 0.3) is 0 Å². The molecule has 0 spiro atoms. The normalized spacial score (nSPS) is 15.9. The van der Waals surface area contributed by atoms with Gasteiger partial charge in [0.2, 0.25) is 0 Å². The number of aryl methyl sites for hydroxylation is 1. The van der Waals surface area contributed by atoms with E-state index in [1.807, 2.05) is 6.20 Å². The summed E-state index contributed by atoms with van der Waals surface area (Å²) < 4.78 is 0. The van der Waals surface area contributed by atoms with Crippen molar-refractivity contribution < 1.29 is 5.11 Å². The van der Waals surface area contributed by atoms with E-state index in [0.29, 0.717) is 0 Å². The molecule has 0 bridgehead atoms. The number of pyridine rings is 1. The molecule has 0 aromatic carbocycles. The number of hydrogen-bond donors (Lipinski definition) is 1. The number of nitrogens with zero attached hydrogens (tertiary/aromatic N) is 2. The molecule has 0 atom stereocenters. The summed E-state index contributed by atoms with van der Waals surface area (Å²) in [6.45, 7) is 2.54. The number of hydrogen-bond acceptors (Lipinski definition) is 3. The van der Waals surface area contributed by atoms with Gasteiger partial charge in [-0.1, -0.05) is 6.07 Å². The lowest BCUT2D eigenvalue weighted by Gasteiger charge is -2.16. The van der Waals surface area contributed by atoms with Crippen LogP contribution in [-0.4, -0.2) is 29.8 Å². The molecular weight excluding hydrogens is 188 g/mol. The Balaban J connectivity index is 1.96. The summed E-state index contributed by atoms with van der Waals surface area (Å²) in [5.74, 6) is 1.10. The fourth-order valence-corrected chi connectivity index (χ4v) is 1.98. The first-order valence-corrected chi connectivity index (χ1v) is 5.71. The highest BCUT2D eigenvalue weighted by molar-refractivity contribution is 5.40. The predicted molar refractivity (Wildman–Crippen MR) is 61.1 cm³/mol. The van der Waals surface area contributed by atoms with Crippen molar-refractivity contribution in [1.29, 1.82) is 0 Å². The molecule has 0 saturated carbocycles. The summed E-state index contributed by atoms with van der Waals surface area (Å²) in [5, 5.41) is 8.73. The van der Waals surface area contributed by atoms with E-state index in [1.165, 1.54) is 18.4 Å². The minimum absolute atomic E-state index is 0.258. The van der Waals surface area contributed by atoms with Gasteiger partial charge in [0.15, 0.2) is 0 Å². The molecule has 1 fully saturated rings. The zero-order chi connectivity index (χ0) is 10.5. The minimum Gasteiger partial charge on any atom is -0.396 e. The molecule has 1 aliphatic rings. The second-order valence-electron chi connectivity index (χ2n) is 4.05. The summed E-state index contributed by atoms with van der Waals surface area (Å²) in [6, 6.07) is 4.22. The number of anilines is 1. The molecule has 0 unspecified atom stereocenters. The van der Waals surface area contributed by atoms with Crippen LogP contribution in [0.3, 0.4) is 0 Å². The van der Waals surface area contributed by atoms with Crippen LogP contribution in [0, 0.1) is 0 Å². The van der Waals surface area contributed by atoms with Gasteiger partial charge in [-0.2, -0.15) is 0 Å². The van der Waals surface area contributed by atoms with Crippen LogP contribution in [0.4, 0.5) is 5.82 Å². The van der Waals surface area contributed by atoms with E-state index in [2.05, 4.69) is 22.0 Å². The van der Waals surface area contributed by atoms with E-state index >= 15 is 0 Å². The van der Waals surface area contributed by atoms with E-state index in [1.54, 1.807) is 0 Å². The quantitative estimate of drug-likeness (QED) is 0.813. The van der Waals surface area contributed by atoms with Crippen molar-refractivity contribution in [2.24, 2.45) is 0 Å². The number of aromatic nitrogens is 1. The largest absolute Gasteiger partial charge is 0.396 e. The molecule has 0 radical (unpaired) electrons. The number of rotatable bonds is 4. The molecule has 3 heteroatoms. The van der Waals surface area contributed by atoms with Crippen molar-refractivity contribution in [2.45, 2.75) is 25.7 Å². The van der Waals surface area contributed by atoms with Crippen molar-refractivity contribution in [1.82, 2.24) is 4.98 Å². The summed E-state index contributed by atoms with van der Waals surface area (Å²) in [5.41, 5.74) is 1.21. The van der Waals surface area contributed by atoms with E-state index < -0.39 is 0 Å². The lowest BCUT2D eigenvalue weighted by Crippen LogP contribution is -2.18. The second kappa shape index (κ2) is 5.12. The highest BCUT2D eigenvalue weighted by Gasteiger charge is 2.12. The molecule has 82 valence electrons. The van der Waals surface area contributed by atoms with Crippen molar-refractivity contribution in [3.8, 4) is 0 Å². The van der Waals surface area contributed by atoms with Crippen LogP contribution < -0.4 is 4.90 Å². The average Bonchev–Trinajstić information content (AvgIpc) is 2.80. The first-order chi connectivity index (χ1) is 7.40. The van der Waals surface area contributed by atoms with Gasteiger partial charge in [-0.15, -0.1) is 0 Å². The van der Waals surface area contributed by atoms with Gasteiger partial charge in [0, 0.05) is 25.9 Å². The summed E-state index contributed by atoms with van der Waals surface area (Å²) in [6.07, 6.45) is 6.25. The SMILES string of the molecule is OCCCc1ccc(N2CCCC2)nc1. The van der Waals surface area contributed by atoms with Crippen molar-refractivity contribution in [3.05, 3.63) is 23.9 Å². The Morgan fingerprint density at radius 1 is 1.27 bits per heavy atom. The fraction of sp³-hybridized carbons (Fsp3) is 0.583. The Morgan fingerprint density at radius 2 is 2.07 bits per heavy atom. The van der Waals surface area contributed by atoms with Crippen LogP contribution in [0.15, 0.2) is 18.3 Å².